The smallest absolute Gasteiger partial charge is 0.270 e. The molecular weight excluding hydrogens is 390 g/mol. The van der Waals surface area contributed by atoms with Crippen LogP contribution in [0, 0.1) is 10.1 Å². The van der Waals surface area contributed by atoms with Gasteiger partial charge in [0.15, 0.2) is 11.0 Å². The quantitative estimate of drug-likeness (QED) is 0.381. The summed E-state index contributed by atoms with van der Waals surface area (Å²) in [6.07, 6.45) is 0. The third kappa shape index (κ3) is 4.63. The van der Waals surface area contributed by atoms with E-state index in [4.69, 9.17) is 11.6 Å². The van der Waals surface area contributed by atoms with Gasteiger partial charge in [0.1, 0.15) is 0 Å². The first-order valence-electron chi connectivity index (χ1n) is 7.76. The van der Waals surface area contributed by atoms with Crippen LogP contribution in [0.1, 0.15) is 0 Å². The van der Waals surface area contributed by atoms with Gasteiger partial charge in [0.05, 0.1) is 10.7 Å². The molecule has 1 amide bonds. The number of nitrogens with one attached hydrogen (secondary N) is 1. The van der Waals surface area contributed by atoms with Gasteiger partial charge in [-0.05, 0) is 24.3 Å². The first kappa shape index (κ1) is 18.9. The lowest BCUT2D eigenvalue weighted by Crippen LogP contribution is -2.14. The highest BCUT2D eigenvalue weighted by Crippen LogP contribution is 2.25. The lowest BCUT2D eigenvalue weighted by atomic mass is 10.2. The lowest BCUT2D eigenvalue weighted by molar-refractivity contribution is -0.384. The number of hydrogen-bond acceptors (Lipinski definition) is 6. The number of benzene rings is 2. The van der Waals surface area contributed by atoms with Gasteiger partial charge in [0.2, 0.25) is 5.91 Å². The zero-order valence-electron chi connectivity index (χ0n) is 14.1. The van der Waals surface area contributed by atoms with Crippen molar-refractivity contribution in [3.8, 4) is 11.4 Å². The summed E-state index contributed by atoms with van der Waals surface area (Å²) in [6, 6.07) is 13.0. The molecule has 0 fully saturated rings. The van der Waals surface area contributed by atoms with E-state index < -0.39 is 4.92 Å². The second kappa shape index (κ2) is 8.19. The van der Waals surface area contributed by atoms with Crippen LogP contribution in [0.15, 0.2) is 53.7 Å². The highest BCUT2D eigenvalue weighted by molar-refractivity contribution is 7.99. The number of amides is 1. The highest BCUT2D eigenvalue weighted by atomic mass is 35.5. The maximum atomic E-state index is 12.1. The van der Waals surface area contributed by atoms with E-state index in [9.17, 15) is 14.9 Å². The maximum Gasteiger partial charge on any atom is 0.270 e. The zero-order chi connectivity index (χ0) is 19.4. The number of non-ortho nitro benzene ring substituents is 1. The number of nitro benzene ring substituents is 1. The number of hydrogen-bond donors (Lipinski definition) is 1. The molecule has 0 unspecified atom stereocenters. The number of nitro groups is 1. The molecule has 0 atom stereocenters. The van der Waals surface area contributed by atoms with E-state index in [2.05, 4.69) is 15.5 Å². The van der Waals surface area contributed by atoms with Gasteiger partial charge in [-0.25, -0.2) is 0 Å². The van der Waals surface area contributed by atoms with Gasteiger partial charge in [-0.2, -0.15) is 0 Å². The van der Waals surface area contributed by atoms with Crippen LogP contribution in [0.5, 0.6) is 0 Å². The molecule has 1 aromatic heterocycles. The largest absolute Gasteiger partial charge is 0.325 e. The van der Waals surface area contributed by atoms with Crippen molar-refractivity contribution in [2.24, 2.45) is 7.05 Å². The molecule has 27 heavy (non-hydrogen) atoms. The number of nitrogens with zero attached hydrogens (tertiary/aromatic N) is 4. The summed E-state index contributed by atoms with van der Waals surface area (Å²) in [5.74, 6) is 0.435. The van der Waals surface area contributed by atoms with E-state index in [0.29, 0.717) is 27.3 Å². The van der Waals surface area contributed by atoms with Crippen molar-refractivity contribution in [1.82, 2.24) is 14.8 Å². The fourth-order valence-electron chi connectivity index (χ4n) is 2.31. The Bertz CT molecular complexity index is 990. The normalized spacial score (nSPS) is 10.6. The van der Waals surface area contributed by atoms with E-state index in [1.807, 2.05) is 0 Å². The third-order valence-electron chi connectivity index (χ3n) is 3.61. The molecule has 1 heterocycles. The maximum absolute atomic E-state index is 12.1. The first-order chi connectivity index (χ1) is 12.9. The monoisotopic (exact) mass is 403 g/mol. The topological polar surface area (TPSA) is 103 Å². The molecule has 3 aromatic rings. The van der Waals surface area contributed by atoms with Crippen LogP contribution < -0.4 is 5.32 Å². The summed E-state index contributed by atoms with van der Waals surface area (Å²) in [6.45, 7) is 0. The molecule has 0 radical (unpaired) electrons. The second-order valence-electron chi connectivity index (χ2n) is 5.52. The van der Waals surface area contributed by atoms with Crippen molar-refractivity contribution >= 4 is 40.6 Å². The molecule has 0 bridgehead atoms. The van der Waals surface area contributed by atoms with Crippen molar-refractivity contribution in [1.29, 1.82) is 0 Å². The standard InChI is InChI=1S/C17H14ClN5O3S/c1-22-16(11-3-2-4-14(9-11)23(25)26)20-21-17(22)27-10-15(24)19-13-7-5-12(18)6-8-13/h2-9H,10H2,1H3,(H,19,24). The molecule has 0 aliphatic carbocycles. The van der Waals surface area contributed by atoms with E-state index >= 15 is 0 Å². The Morgan fingerprint density at radius 1 is 1.26 bits per heavy atom. The summed E-state index contributed by atoms with van der Waals surface area (Å²) >= 11 is 7.04. The minimum absolute atomic E-state index is 0.0213. The summed E-state index contributed by atoms with van der Waals surface area (Å²) < 4.78 is 1.69. The molecule has 0 saturated heterocycles. The van der Waals surface area contributed by atoms with Crippen molar-refractivity contribution < 1.29 is 9.72 Å². The van der Waals surface area contributed by atoms with E-state index in [0.717, 1.165) is 0 Å². The molecule has 10 heteroatoms. The van der Waals surface area contributed by atoms with Gasteiger partial charge < -0.3 is 9.88 Å². The Balaban J connectivity index is 1.67. The van der Waals surface area contributed by atoms with Crippen LogP contribution in [0.3, 0.4) is 0 Å². The van der Waals surface area contributed by atoms with Crippen LogP contribution in [0.4, 0.5) is 11.4 Å². The number of anilines is 1. The molecule has 138 valence electrons. The second-order valence-corrected chi connectivity index (χ2v) is 6.90. The Morgan fingerprint density at radius 2 is 2.00 bits per heavy atom. The van der Waals surface area contributed by atoms with Crippen LogP contribution >= 0.6 is 23.4 Å². The van der Waals surface area contributed by atoms with E-state index in [1.165, 1.54) is 23.9 Å². The Morgan fingerprint density at radius 3 is 2.70 bits per heavy atom. The predicted octanol–water partition coefficient (Wildman–Crippen LogP) is 3.77. The number of carbonyl (C=O) groups is 1. The average molecular weight is 404 g/mol. The molecule has 0 spiro atoms. The minimum Gasteiger partial charge on any atom is -0.325 e. The first-order valence-corrected chi connectivity index (χ1v) is 9.13. The van der Waals surface area contributed by atoms with Gasteiger partial charge >= 0.3 is 0 Å². The fourth-order valence-corrected chi connectivity index (χ4v) is 3.15. The summed E-state index contributed by atoms with van der Waals surface area (Å²) in [4.78, 5) is 22.5. The summed E-state index contributed by atoms with van der Waals surface area (Å²) in [7, 11) is 1.74. The summed E-state index contributed by atoms with van der Waals surface area (Å²) in [5.41, 5.74) is 1.21. The molecule has 0 aliphatic rings. The Kier molecular flexibility index (Phi) is 5.72. The minimum atomic E-state index is -0.462. The molecule has 3 rings (SSSR count). The van der Waals surface area contributed by atoms with Gasteiger partial charge in [0.25, 0.3) is 5.69 Å². The SMILES string of the molecule is Cn1c(SCC(=O)Nc2ccc(Cl)cc2)nnc1-c1cccc([N+](=O)[O-])c1. The van der Waals surface area contributed by atoms with Crippen molar-refractivity contribution in [3.05, 3.63) is 63.7 Å². The highest BCUT2D eigenvalue weighted by Gasteiger charge is 2.15. The molecular formula is C17H14ClN5O3S. The summed E-state index contributed by atoms with van der Waals surface area (Å²) in [5, 5.41) is 23.0. The average Bonchev–Trinajstić information content (AvgIpc) is 3.02. The number of carbonyl (C=O) groups excluding carboxylic acids is 1. The van der Waals surface area contributed by atoms with E-state index in [-0.39, 0.29) is 17.3 Å². The van der Waals surface area contributed by atoms with E-state index in [1.54, 1.807) is 48.0 Å². The molecule has 0 saturated carbocycles. The lowest BCUT2D eigenvalue weighted by Gasteiger charge is -2.06. The van der Waals surface area contributed by atoms with Crippen molar-refractivity contribution in [2.45, 2.75) is 5.16 Å². The van der Waals surface area contributed by atoms with Crippen LogP contribution in [-0.4, -0.2) is 31.3 Å². The van der Waals surface area contributed by atoms with Gasteiger partial charge in [-0.15, -0.1) is 10.2 Å². The number of aromatic nitrogens is 3. The predicted molar refractivity (Wildman–Crippen MR) is 104 cm³/mol. The number of thioether (sulfide) groups is 1. The van der Waals surface area contributed by atoms with Gasteiger partial charge in [-0.1, -0.05) is 35.5 Å². The molecule has 1 N–H and O–H groups in total. The zero-order valence-corrected chi connectivity index (χ0v) is 15.7. The number of halogens is 1. The van der Waals surface area contributed by atoms with Crippen molar-refractivity contribution in [3.63, 3.8) is 0 Å². The van der Waals surface area contributed by atoms with Gasteiger partial charge in [-0.3, -0.25) is 14.9 Å². The molecule has 0 aliphatic heterocycles. The van der Waals surface area contributed by atoms with Crippen LogP contribution in [-0.2, 0) is 11.8 Å². The Hall–Kier alpha value is -2.91. The van der Waals surface area contributed by atoms with Crippen LogP contribution in [0.25, 0.3) is 11.4 Å². The third-order valence-corrected chi connectivity index (χ3v) is 4.88. The van der Waals surface area contributed by atoms with Crippen molar-refractivity contribution in [2.75, 3.05) is 11.1 Å². The Labute approximate surface area is 163 Å². The fraction of sp³-hybridized carbons (Fsp3) is 0.118. The van der Waals surface area contributed by atoms with Crippen LogP contribution in [0.2, 0.25) is 5.02 Å². The molecule has 8 nitrogen and oxygen atoms in total. The number of rotatable bonds is 6. The van der Waals surface area contributed by atoms with Gasteiger partial charge in [0, 0.05) is 35.5 Å². The molecule has 2 aromatic carbocycles.